The maximum absolute atomic E-state index is 12.7. The molecule has 4 aromatic rings. The first-order chi connectivity index (χ1) is 13.1. The molecule has 0 aliphatic carbocycles. The Kier molecular flexibility index (Phi) is 4.75. The van der Waals surface area contributed by atoms with Crippen LogP contribution in [0.2, 0.25) is 10.0 Å². The molecule has 0 fully saturated rings. The van der Waals surface area contributed by atoms with Crippen molar-refractivity contribution in [2.75, 3.05) is 5.32 Å². The van der Waals surface area contributed by atoms with Crippen molar-refractivity contribution in [1.82, 2.24) is 9.97 Å². The molecule has 0 bridgehead atoms. The van der Waals surface area contributed by atoms with E-state index in [9.17, 15) is 4.79 Å². The van der Waals surface area contributed by atoms with Crippen molar-refractivity contribution in [3.8, 4) is 11.3 Å². The highest BCUT2D eigenvalue weighted by Gasteiger charge is 2.16. The molecule has 0 spiro atoms. The summed E-state index contributed by atoms with van der Waals surface area (Å²) in [7, 11) is 0. The predicted octanol–water partition coefficient (Wildman–Crippen LogP) is 5.86. The monoisotopic (exact) mass is 393 g/mol. The van der Waals surface area contributed by atoms with Gasteiger partial charge in [0.1, 0.15) is 0 Å². The number of nitrogens with one attached hydrogen (secondary N) is 1. The molecule has 0 atom stereocenters. The highest BCUT2D eigenvalue weighted by molar-refractivity contribution is 6.40. The second kappa shape index (κ2) is 7.35. The number of rotatable bonds is 3. The SMILES string of the molecule is O=C(Nc1cccc2cc(-c3ccccn3)cnc12)c1c(Cl)cccc1Cl. The molecular weight excluding hydrogens is 381 g/mol. The van der Waals surface area contributed by atoms with E-state index in [-0.39, 0.29) is 11.5 Å². The summed E-state index contributed by atoms with van der Waals surface area (Å²) in [6.45, 7) is 0. The highest BCUT2D eigenvalue weighted by Crippen LogP contribution is 2.28. The molecule has 132 valence electrons. The number of halogens is 2. The number of hydrogen-bond acceptors (Lipinski definition) is 3. The van der Waals surface area contributed by atoms with Crippen LogP contribution in [0.5, 0.6) is 0 Å². The lowest BCUT2D eigenvalue weighted by atomic mass is 10.1. The van der Waals surface area contributed by atoms with Crippen LogP contribution in [0.15, 0.2) is 73.1 Å². The third-order valence-electron chi connectivity index (χ3n) is 4.11. The summed E-state index contributed by atoms with van der Waals surface area (Å²) < 4.78 is 0. The van der Waals surface area contributed by atoms with Crippen LogP contribution in [0.25, 0.3) is 22.2 Å². The second-order valence-corrected chi connectivity index (χ2v) is 6.68. The van der Waals surface area contributed by atoms with Gasteiger partial charge in [0.25, 0.3) is 5.91 Å². The minimum Gasteiger partial charge on any atom is -0.320 e. The van der Waals surface area contributed by atoms with Gasteiger partial charge in [-0.3, -0.25) is 14.8 Å². The zero-order valence-corrected chi connectivity index (χ0v) is 15.5. The fourth-order valence-electron chi connectivity index (χ4n) is 2.83. The highest BCUT2D eigenvalue weighted by atomic mass is 35.5. The Hall–Kier alpha value is -2.95. The van der Waals surface area contributed by atoms with E-state index >= 15 is 0 Å². The summed E-state index contributed by atoms with van der Waals surface area (Å²) in [5.74, 6) is -0.381. The van der Waals surface area contributed by atoms with Crippen LogP contribution in [-0.4, -0.2) is 15.9 Å². The summed E-state index contributed by atoms with van der Waals surface area (Å²) in [6.07, 6.45) is 3.48. The lowest BCUT2D eigenvalue weighted by molar-refractivity contribution is 0.102. The lowest BCUT2D eigenvalue weighted by Gasteiger charge is -2.11. The van der Waals surface area contributed by atoms with Crippen molar-refractivity contribution in [3.63, 3.8) is 0 Å². The normalized spacial score (nSPS) is 10.7. The number of amides is 1. The van der Waals surface area contributed by atoms with E-state index in [0.717, 1.165) is 16.6 Å². The minimum absolute atomic E-state index is 0.239. The molecule has 0 aliphatic heterocycles. The summed E-state index contributed by atoms with van der Waals surface area (Å²) in [5, 5.41) is 4.34. The minimum atomic E-state index is -0.381. The standard InChI is InChI=1S/C21H13Cl2N3O/c22-15-6-4-7-16(23)19(15)21(27)26-18-9-3-5-13-11-14(12-25-20(13)18)17-8-1-2-10-24-17/h1-12H,(H,26,27). The van der Waals surface area contributed by atoms with Gasteiger partial charge in [0.15, 0.2) is 0 Å². The third kappa shape index (κ3) is 3.50. The molecule has 27 heavy (non-hydrogen) atoms. The van der Waals surface area contributed by atoms with Gasteiger partial charge in [-0.1, -0.05) is 47.5 Å². The van der Waals surface area contributed by atoms with Gasteiger partial charge >= 0.3 is 0 Å². The van der Waals surface area contributed by atoms with E-state index in [2.05, 4.69) is 15.3 Å². The van der Waals surface area contributed by atoms with E-state index in [1.54, 1.807) is 36.7 Å². The van der Waals surface area contributed by atoms with E-state index in [0.29, 0.717) is 21.2 Å². The summed E-state index contributed by atoms with van der Waals surface area (Å²) in [4.78, 5) is 21.5. The van der Waals surface area contributed by atoms with Crippen LogP contribution in [0.1, 0.15) is 10.4 Å². The molecule has 0 unspecified atom stereocenters. The van der Waals surface area contributed by atoms with E-state index in [4.69, 9.17) is 23.2 Å². The molecule has 0 aliphatic rings. The number of aromatic nitrogens is 2. The molecule has 0 saturated heterocycles. The number of carbonyl (C=O) groups is 1. The van der Waals surface area contributed by atoms with Crippen LogP contribution in [0.4, 0.5) is 5.69 Å². The molecule has 1 N–H and O–H groups in total. The molecule has 1 amide bonds. The summed E-state index contributed by atoms with van der Waals surface area (Å²) in [6, 6.07) is 18.2. The van der Waals surface area contributed by atoms with Gasteiger partial charge in [-0.2, -0.15) is 0 Å². The number of anilines is 1. The van der Waals surface area contributed by atoms with Crippen molar-refractivity contribution in [2.24, 2.45) is 0 Å². The molecule has 0 saturated carbocycles. The van der Waals surface area contributed by atoms with Gasteiger partial charge in [0.2, 0.25) is 0 Å². The van der Waals surface area contributed by atoms with Crippen LogP contribution < -0.4 is 5.32 Å². The van der Waals surface area contributed by atoms with Gasteiger partial charge < -0.3 is 5.32 Å². The average molecular weight is 394 g/mol. The topological polar surface area (TPSA) is 54.9 Å². The molecule has 2 aromatic heterocycles. The molecule has 6 heteroatoms. The third-order valence-corrected chi connectivity index (χ3v) is 4.74. The Balaban J connectivity index is 1.72. The van der Waals surface area contributed by atoms with Gasteiger partial charge in [-0.05, 0) is 36.4 Å². The zero-order chi connectivity index (χ0) is 18.8. The molecule has 2 aromatic carbocycles. The first-order valence-electron chi connectivity index (χ1n) is 8.19. The fraction of sp³-hybridized carbons (Fsp3) is 0. The number of nitrogens with zero attached hydrogens (tertiary/aromatic N) is 2. The smallest absolute Gasteiger partial charge is 0.258 e. The maximum atomic E-state index is 12.7. The van der Waals surface area contributed by atoms with Gasteiger partial charge in [-0.25, -0.2) is 0 Å². The second-order valence-electron chi connectivity index (χ2n) is 5.87. The molecule has 4 nitrogen and oxygen atoms in total. The summed E-state index contributed by atoms with van der Waals surface area (Å²) >= 11 is 12.3. The van der Waals surface area contributed by atoms with Crippen molar-refractivity contribution in [2.45, 2.75) is 0 Å². The number of fused-ring (bicyclic) bond motifs is 1. The lowest BCUT2D eigenvalue weighted by Crippen LogP contribution is -2.13. The number of hydrogen-bond donors (Lipinski definition) is 1. The van der Waals surface area contributed by atoms with Crippen LogP contribution >= 0.6 is 23.2 Å². The average Bonchev–Trinajstić information content (AvgIpc) is 2.68. The Bertz CT molecular complexity index is 1130. The van der Waals surface area contributed by atoms with Crippen molar-refractivity contribution < 1.29 is 4.79 Å². The fourth-order valence-corrected chi connectivity index (χ4v) is 3.40. The molecule has 2 heterocycles. The molecule has 0 radical (unpaired) electrons. The summed E-state index contributed by atoms with van der Waals surface area (Å²) in [5.41, 5.74) is 3.24. The van der Waals surface area contributed by atoms with Crippen molar-refractivity contribution >= 4 is 45.7 Å². The van der Waals surface area contributed by atoms with E-state index in [1.165, 1.54) is 0 Å². The largest absolute Gasteiger partial charge is 0.320 e. The number of para-hydroxylation sites is 1. The molecule has 4 rings (SSSR count). The van der Waals surface area contributed by atoms with Gasteiger partial charge in [-0.15, -0.1) is 0 Å². The molecular formula is C21H13Cl2N3O. The number of pyridine rings is 2. The van der Waals surface area contributed by atoms with Gasteiger partial charge in [0.05, 0.1) is 32.5 Å². The van der Waals surface area contributed by atoms with Crippen molar-refractivity contribution in [1.29, 1.82) is 0 Å². The zero-order valence-electron chi connectivity index (χ0n) is 14.0. The van der Waals surface area contributed by atoms with Crippen LogP contribution in [0.3, 0.4) is 0 Å². The van der Waals surface area contributed by atoms with E-state index < -0.39 is 0 Å². The quantitative estimate of drug-likeness (QED) is 0.474. The maximum Gasteiger partial charge on any atom is 0.258 e. The predicted molar refractivity (Wildman–Crippen MR) is 109 cm³/mol. The Labute approximate surface area is 165 Å². The van der Waals surface area contributed by atoms with Crippen molar-refractivity contribution in [3.05, 3.63) is 88.7 Å². The van der Waals surface area contributed by atoms with Crippen LogP contribution in [-0.2, 0) is 0 Å². The Morgan fingerprint density at radius 3 is 2.41 bits per heavy atom. The number of benzene rings is 2. The Morgan fingerprint density at radius 1 is 0.889 bits per heavy atom. The Morgan fingerprint density at radius 2 is 1.67 bits per heavy atom. The first-order valence-corrected chi connectivity index (χ1v) is 8.94. The first kappa shape index (κ1) is 17.5. The number of carbonyl (C=O) groups excluding carboxylic acids is 1. The van der Waals surface area contributed by atoms with Crippen LogP contribution in [0, 0.1) is 0 Å². The van der Waals surface area contributed by atoms with E-state index in [1.807, 2.05) is 36.4 Å². The van der Waals surface area contributed by atoms with Gasteiger partial charge in [0, 0.05) is 23.3 Å².